The molecule has 0 radical (unpaired) electrons. The first kappa shape index (κ1) is 21.7. The van der Waals surface area contributed by atoms with Crippen molar-refractivity contribution in [2.45, 2.75) is 40.8 Å². The van der Waals surface area contributed by atoms with E-state index in [1.807, 2.05) is 40.0 Å². The van der Waals surface area contributed by atoms with Crippen molar-refractivity contribution in [3.63, 3.8) is 0 Å². The van der Waals surface area contributed by atoms with Crippen LogP contribution in [0.5, 0.6) is 5.75 Å². The molecule has 2 aromatic rings. The van der Waals surface area contributed by atoms with Crippen LogP contribution in [0, 0.1) is 20.8 Å². The standard InChI is InChI=1S/C18H26N4OS.HI/c1-6-19-18(22(5)10-16-11-24-14(4)21-16)20-9-15-7-12(2)17(23)13(3)8-15;/h7-8,11,23H,6,9-10H2,1-5H3,(H,19,20);1H. The number of thiazole rings is 1. The van der Waals surface area contributed by atoms with Crippen molar-refractivity contribution < 1.29 is 5.11 Å². The number of phenolic OH excluding ortho intramolecular Hbond substituents is 1. The fourth-order valence-corrected chi connectivity index (χ4v) is 3.18. The molecule has 1 aromatic carbocycles. The average molecular weight is 474 g/mol. The van der Waals surface area contributed by atoms with Gasteiger partial charge < -0.3 is 15.3 Å². The van der Waals surface area contributed by atoms with Crippen LogP contribution >= 0.6 is 35.3 Å². The maximum atomic E-state index is 9.88. The van der Waals surface area contributed by atoms with Gasteiger partial charge >= 0.3 is 0 Å². The molecule has 2 N–H and O–H groups in total. The highest BCUT2D eigenvalue weighted by Crippen LogP contribution is 2.23. The molecule has 2 rings (SSSR count). The summed E-state index contributed by atoms with van der Waals surface area (Å²) in [6.07, 6.45) is 0. The minimum absolute atomic E-state index is 0. The van der Waals surface area contributed by atoms with Gasteiger partial charge in [0.1, 0.15) is 5.75 Å². The minimum Gasteiger partial charge on any atom is -0.507 e. The predicted molar refractivity (Wildman–Crippen MR) is 116 cm³/mol. The number of aryl methyl sites for hydroxylation is 3. The molecule has 0 aliphatic carbocycles. The second-order valence-corrected chi connectivity index (χ2v) is 7.02. The van der Waals surface area contributed by atoms with Gasteiger partial charge in [-0.1, -0.05) is 12.1 Å². The molecular weight excluding hydrogens is 447 g/mol. The maximum Gasteiger partial charge on any atom is 0.194 e. The molecule has 1 heterocycles. The van der Waals surface area contributed by atoms with Crippen molar-refractivity contribution in [3.8, 4) is 5.75 Å². The van der Waals surface area contributed by atoms with Crippen molar-refractivity contribution in [1.82, 2.24) is 15.2 Å². The summed E-state index contributed by atoms with van der Waals surface area (Å²) >= 11 is 1.66. The lowest BCUT2D eigenvalue weighted by molar-refractivity contribution is 0.466. The van der Waals surface area contributed by atoms with E-state index in [0.29, 0.717) is 12.3 Å². The monoisotopic (exact) mass is 474 g/mol. The van der Waals surface area contributed by atoms with Gasteiger partial charge in [-0.25, -0.2) is 9.98 Å². The largest absolute Gasteiger partial charge is 0.507 e. The maximum absolute atomic E-state index is 9.88. The predicted octanol–water partition coefficient (Wildman–Crippen LogP) is 3.99. The van der Waals surface area contributed by atoms with Crippen LogP contribution in [0.25, 0.3) is 0 Å². The van der Waals surface area contributed by atoms with Crippen molar-refractivity contribution in [1.29, 1.82) is 0 Å². The number of guanidine groups is 1. The van der Waals surface area contributed by atoms with E-state index in [1.165, 1.54) is 0 Å². The Morgan fingerprint density at radius 1 is 1.28 bits per heavy atom. The number of nitrogens with one attached hydrogen (secondary N) is 1. The van der Waals surface area contributed by atoms with Gasteiger partial charge in [-0.05, 0) is 44.4 Å². The number of hydrogen-bond donors (Lipinski definition) is 2. The Labute approximate surface area is 171 Å². The lowest BCUT2D eigenvalue weighted by Crippen LogP contribution is -2.38. The number of halogens is 1. The first-order valence-corrected chi connectivity index (χ1v) is 8.98. The number of rotatable bonds is 5. The molecule has 0 fully saturated rings. The van der Waals surface area contributed by atoms with Crippen LogP contribution in [0.3, 0.4) is 0 Å². The van der Waals surface area contributed by atoms with Crippen LogP contribution in [0.1, 0.15) is 34.3 Å². The Morgan fingerprint density at radius 2 is 1.92 bits per heavy atom. The van der Waals surface area contributed by atoms with Crippen LogP contribution in [0.4, 0.5) is 0 Å². The van der Waals surface area contributed by atoms with E-state index in [4.69, 9.17) is 4.99 Å². The van der Waals surface area contributed by atoms with E-state index in [-0.39, 0.29) is 24.0 Å². The number of aromatic hydroxyl groups is 1. The van der Waals surface area contributed by atoms with Gasteiger partial charge in [0.25, 0.3) is 0 Å². The molecule has 138 valence electrons. The van der Waals surface area contributed by atoms with Crippen molar-refractivity contribution in [2.24, 2.45) is 4.99 Å². The normalized spacial score (nSPS) is 11.2. The molecule has 0 unspecified atom stereocenters. The highest BCUT2D eigenvalue weighted by molar-refractivity contribution is 14.0. The van der Waals surface area contributed by atoms with Crippen LogP contribution in [0.15, 0.2) is 22.5 Å². The zero-order chi connectivity index (χ0) is 17.7. The zero-order valence-corrected chi connectivity index (χ0v) is 18.6. The molecule has 0 saturated heterocycles. The van der Waals surface area contributed by atoms with Crippen molar-refractivity contribution >= 4 is 41.3 Å². The Kier molecular flexibility index (Phi) is 8.64. The summed E-state index contributed by atoms with van der Waals surface area (Å²) in [7, 11) is 2.02. The summed E-state index contributed by atoms with van der Waals surface area (Å²) < 4.78 is 0. The zero-order valence-electron chi connectivity index (χ0n) is 15.5. The van der Waals surface area contributed by atoms with Crippen molar-refractivity contribution in [2.75, 3.05) is 13.6 Å². The number of benzene rings is 1. The van der Waals surface area contributed by atoms with E-state index >= 15 is 0 Å². The first-order valence-electron chi connectivity index (χ1n) is 8.10. The lowest BCUT2D eigenvalue weighted by atomic mass is 10.1. The van der Waals surface area contributed by atoms with Crippen LogP contribution in [0.2, 0.25) is 0 Å². The third-order valence-electron chi connectivity index (χ3n) is 3.72. The average Bonchev–Trinajstić information content (AvgIpc) is 2.93. The van der Waals surface area contributed by atoms with E-state index in [9.17, 15) is 5.11 Å². The van der Waals surface area contributed by atoms with Crippen molar-refractivity contribution in [3.05, 3.63) is 44.9 Å². The van der Waals surface area contributed by atoms with Gasteiger partial charge in [-0.3, -0.25) is 0 Å². The summed E-state index contributed by atoms with van der Waals surface area (Å²) in [4.78, 5) is 11.3. The first-order chi connectivity index (χ1) is 11.4. The van der Waals surface area contributed by atoms with E-state index < -0.39 is 0 Å². The Balaban J connectivity index is 0.00000312. The molecule has 7 heteroatoms. The van der Waals surface area contributed by atoms with Gasteiger partial charge in [0, 0.05) is 19.0 Å². The number of phenols is 1. The number of aliphatic imine (C=N–C) groups is 1. The van der Waals surface area contributed by atoms with Crippen LogP contribution < -0.4 is 5.32 Å². The number of aromatic nitrogens is 1. The second-order valence-electron chi connectivity index (χ2n) is 5.96. The van der Waals surface area contributed by atoms with Crippen LogP contribution in [-0.4, -0.2) is 34.5 Å². The molecule has 0 atom stereocenters. The molecule has 25 heavy (non-hydrogen) atoms. The quantitative estimate of drug-likeness (QED) is 0.391. The molecule has 0 spiro atoms. The van der Waals surface area contributed by atoms with Gasteiger partial charge in [-0.15, -0.1) is 35.3 Å². The SMILES string of the molecule is CCNC(=NCc1cc(C)c(O)c(C)c1)N(C)Cc1csc(C)n1.I. The number of hydrogen-bond acceptors (Lipinski definition) is 4. The topological polar surface area (TPSA) is 60.8 Å². The Morgan fingerprint density at radius 3 is 2.44 bits per heavy atom. The second kappa shape index (κ2) is 9.96. The molecule has 5 nitrogen and oxygen atoms in total. The molecular formula is C18H27IN4OS. The highest BCUT2D eigenvalue weighted by Gasteiger charge is 2.09. The van der Waals surface area contributed by atoms with Gasteiger partial charge in [0.2, 0.25) is 0 Å². The van der Waals surface area contributed by atoms with Crippen LogP contribution in [-0.2, 0) is 13.1 Å². The van der Waals surface area contributed by atoms with Gasteiger partial charge in [-0.2, -0.15) is 0 Å². The highest BCUT2D eigenvalue weighted by atomic mass is 127. The third-order valence-corrected chi connectivity index (χ3v) is 4.55. The molecule has 0 amide bonds. The van der Waals surface area contributed by atoms with Gasteiger partial charge in [0.15, 0.2) is 5.96 Å². The fraction of sp³-hybridized carbons (Fsp3) is 0.444. The summed E-state index contributed by atoms with van der Waals surface area (Å²) in [6.45, 7) is 10.0. The Hall–Kier alpha value is -1.35. The van der Waals surface area contributed by atoms with E-state index in [0.717, 1.165) is 46.4 Å². The Bertz CT molecular complexity index is 707. The summed E-state index contributed by atoms with van der Waals surface area (Å²) in [5.41, 5.74) is 3.92. The lowest BCUT2D eigenvalue weighted by Gasteiger charge is -2.21. The van der Waals surface area contributed by atoms with E-state index in [1.54, 1.807) is 11.3 Å². The smallest absolute Gasteiger partial charge is 0.194 e. The molecule has 0 aliphatic rings. The number of nitrogens with zero attached hydrogens (tertiary/aromatic N) is 3. The van der Waals surface area contributed by atoms with E-state index in [2.05, 4.69) is 27.5 Å². The summed E-state index contributed by atoms with van der Waals surface area (Å²) in [5.74, 6) is 1.22. The molecule has 0 bridgehead atoms. The minimum atomic E-state index is 0. The van der Waals surface area contributed by atoms with Gasteiger partial charge in [0.05, 0.1) is 23.8 Å². The molecule has 1 aromatic heterocycles. The third kappa shape index (κ3) is 6.14. The fourth-order valence-electron chi connectivity index (χ4n) is 2.57. The molecule has 0 aliphatic heterocycles. The molecule has 0 saturated carbocycles. The summed E-state index contributed by atoms with van der Waals surface area (Å²) in [6, 6.07) is 3.97. The summed E-state index contributed by atoms with van der Waals surface area (Å²) in [5, 5.41) is 16.4.